The monoisotopic (exact) mass is 234 g/mol. The molecule has 2 unspecified atom stereocenters. The van der Waals surface area contributed by atoms with Gasteiger partial charge in [0.05, 0.1) is 10.5 Å². The van der Waals surface area contributed by atoms with Crippen LogP contribution in [-0.2, 0) is 9.84 Å². The van der Waals surface area contributed by atoms with Crippen molar-refractivity contribution in [2.24, 2.45) is 10.8 Å². The molecule has 0 saturated heterocycles. The van der Waals surface area contributed by atoms with Crippen molar-refractivity contribution >= 4 is 9.84 Å². The third-order valence-electron chi connectivity index (χ3n) is 3.42. The lowest BCUT2D eigenvalue weighted by Crippen LogP contribution is -2.42. The lowest BCUT2D eigenvalue weighted by atomic mass is 9.92. The summed E-state index contributed by atoms with van der Waals surface area (Å²) in [4.78, 5) is 0. The van der Waals surface area contributed by atoms with E-state index in [2.05, 4.69) is 0 Å². The third-order valence-corrected chi connectivity index (χ3v) is 6.81. The van der Waals surface area contributed by atoms with Gasteiger partial charge in [-0.2, -0.15) is 0 Å². The van der Waals surface area contributed by atoms with Gasteiger partial charge < -0.3 is 0 Å². The largest absolute Gasteiger partial charge is 0.228 e. The third kappa shape index (κ3) is 3.47. The van der Waals surface area contributed by atoms with E-state index in [1.165, 1.54) is 0 Å². The molecular weight excluding hydrogens is 208 g/mol. The van der Waals surface area contributed by atoms with Gasteiger partial charge in [-0.3, -0.25) is 0 Å². The van der Waals surface area contributed by atoms with E-state index in [4.69, 9.17) is 0 Å². The van der Waals surface area contributed by atoms with Gasteiger partial charge in [0.2, 0.25) is 0 Å². The maximum absolute atomic E-state index is 12.3. The zero-order valence-electron chi connectivity index (χ0n) is 11.4. The molecule has 0 spiro atoms. The Hall–Kier alpha value is -0.0500. The summed E-state index contributed by atoms with van der Waals surface area (Å²) in [6, 6.07) is 0. The van der Waals surface area contributed by atoms with Gasteiger partial charge in [-0.25, -0.2) is 8.42 Å². The summed E-state index contributed by atoms with van der Waals surface area (Å²) in [7, 11) is -3.05. The lowest BCUT2D eigenvalue weighted by molar-refractivity contribution is 0.359. The molecule has 0 aliphatic carbocycles. The van der Waals surface area contributed by atoms with Crippen LogP contribution in [0.1, 0.15) is 55.4 Å². The Morgan fingerprint density at radius 1 is 0.733 bits per heavy atom. The van der Waals surface area contributed by atoms with Crippen LogP contribution >= 0.6 is 0 Å². The van der Waals surface area contributed by atoms with E-state index in [1.54, 1.807) is 0 Å². The van der Waals surface area contributed by atoms with Crippen molar-refractivity contribution in [3.63, 3.8) is 0 Å². The quantitative estimate of drug-likeness (QED) is 0.735. The van der Waals surface area contributed by atoms with Crippen molar-refractivity contribution in [1.29, 1.82) is 0 Å². The molecule has 2 nitrogen and oxygen atoms in total. The van der Waals surface area contributed by atoms with E-state index >= 15 is 0 Å². The summed E-state index contributed by atoms with van der Waals surface area (Å²) in [6.45, 7) is 15.5. The molecule has 0 aliphatic heterocycles. The fourth-order valence-corrected chi connectivity index (χ4v) is 3.88. The smallest absolute Gasteiger partial charge is 0.156 e. The fourth-order valence-electron chi connectivity index (χ4n) is 1.29. The molecule has 0 saturated carbocycles. The number of hydrogen-bond donors (Lipinski definition) is 0. The van der Waals surface area contributed by atoms with Gasteiger partial charge in [-0.1, -0.05) is 41.5 Å². The van der Waals surface area contributed by atoms with Gasteiger partial charge in [-0.15, -0.1) is 0 Å². The Morgan fingerprint density at radius 2 is 0.933 bits per heavy atom. The van der Waals surface area contributed by atoms with Crippen molar-refractivity contribution in [2.45, 2.75) is 65.9 Å². The van der Waals surface area contributed by atoms with Gasteiger partial charge in [0.15, 0.2) is 9.84 Å². The summed E-state index contributed by atoms with van der Waals surface area (Å²) in [5, 5.41) is -0.613. The zero-order chi connectivity index (χ0) is 12.7. The highest BCUT2D eigenvalue weighted by Crippen LogP contribution is 2.34. The van der Waals surface area contributed by atoms with Gasteiger partial charge in [0.25, 0.3) is 0 Å². The molecule has 0 N–H and O–H groups in total. The average molecular weight is 234 g/mol. The second kappa shape index (κ2) is 4.08. The topological polar surface area (TPSA) is 34.1 Å². The molecule has 2 atom stereocenters. The Balaban J connectivity index is 5.19. The van der Waals surface area contributed by atoms with Crippen LogP contribution in [0.25, 0.3) is 0 Å². The lowest BCUT2D eigenvalue weighted by Gasteiger charge is -2.34. The maximum Gasteiger partial charge on any atom is 0.156 e. The molecule has 0 aliphatic rings. The molecule has 0 rings (SSSR count). The van der Waals surface area contributed by atoms with Crippen molar-refractivity contribution in [3.05, 3.63) is 0 Å². The first-order chi connectivity index (χ1) is 6.31. The van der Waals surface area contributed by atoms with E-state index in [1.807, 2.05) is 55.4 Å². The number of sulfone groups is 1. The molecule has 0 radical (unpaired) electrons. The molecule has 0 bridgehead atoms. The molecule has 0 aromatic carbocycles. The predicted octanol–water partition coefficient (Wildman–Crippen LogP) is 3.27. The van der Waals surface area contributed by atoms with Crippen LogP contribution in [0, 0.1) is 10.8 Å². The first-order valence-corrected chi connectivity index (χ1v) is 7.15. The average Bonchev–Trinajstić information content (AvgIpc) is 1.98. The Labute approximate surface area is 95.4 Å². The molecule has 0 heterocycles. The van der Waals surface area contributed by atoms with Crippen molar-refractivity contribution in [2.75, 3.05) is 0 Å². The van der Waals surface area contributed by atoms with E-state index < -0.39 is 9.84 Å². The van der Waals surface area contributed by atoms with Crippen molar-refractivity contribution in [1.82, 2.24) is 0 Å². The van der Waals surface area contributed by atoms with Crippen LogP contribution in [0.15, 0.2) is 0 Å². The van der Waals surface area contributed by atoms with E-state index in [-0.39, 0.29) is 21.3 Å². The molecular formula is C12H26O2S. The van der Waals surface area contributed by atoms with Crippen molar-refractivity contribution < 1.29 is 8.42 Å². The Kier molecular flexibility index (Phi) is 4.06. The summed E-state index contributed by atoms with van der Waals surface area (Å²) in [5.74, 6) is 0. The molecule has 0 aromatic rings. The normalized spacial score (nSPS) is 18.7. The van der Waals surface area contributed by atoms with Crippen LogP contribution in [0.4, 0.5) is 0 Å². The highest BCUT2D eigenvalue weighted by atomic mass is 32.2. The molecule has 15 heavy (non-hydrogen) atoms. The SMILES string of the molecule is CC(C(C)(C)C)S(=O)(=O)C(C)C(C)(C)C. The van der Waals surface area contributed by atoms with Gasteiger partial charge in [-0.05, 0) is 24.7 Å². The van der Waals surface area contributed by atoms with Crippen LogP contribution in [0.2, 0.25) is 0 Å². The number of hydrogen-bond acceptors (Lipinski definition) is 2. The van der Waals surface area contributed by atoms with Gasteiger partial charge in [0, 0.05) is 0 Å². The van der Waals surface area contributed by atoms with E-state index in [0.29, 0.717) is 0 Å². The highest BCUT2D eigenvalue weighted by molar-refractivity contribution is 7.92. The minimum atomic E-state index is -3.05. The molecule has 92 valence electrons. The summed E-state index contributed by atoms with van der Waals surface area (Å²) in [5.41, 5.74) is -0.392. The Bertz CT molecular complexity index is 275. The first kappa shape index (κ1) is 14.9. The predicted molar refractivity (Wildman–Crippen MR) is 66.8 cm³/mol. The zero-order valence-corrected chi connectivity index (χ0v) is 12.2. The van der Waals surface area contributed by atoms with Crippen molar-refractivity contribution in [3.8, 4) is 0 Å². The Morgan fingerprint density at radius 3 is 1.07 bits per heavy atom. The van der Waals surface area contributed by atoms with Gasteiger partial charge >= 0.3 is 0 Å². The van der Waals surface area contributed by atoms with Crippen LogP contribution < -0.4 is 0 Å². The van der Waals surface area contributed by atoms with Crippen LogP contribution in [0.5, 0.6) is 0 Å². The second-order valence-corrected chi connectivity index (χ2v) is 9.20. The van der Waals surface area contributed by atoms with E-state index in [9.17, 15) is 8.42 Å². The van der Waals surface area contributed by atoms with Crippen LogP contribution in [0.3, 0.4) is 0 Å². The standard InChI is InChI=1S/C12H26O2S/c1-9(11(3,4)5)15(13,14)10(2)12(6,7)8/h9-10H,1-8H3. The number of rotatable bonds is 2. The highest BCUT2D eigenvalue weighted by Gasteiger charge is 2.40. The molecule has 0 amide bonds. The molecule has 0 aromatic heterocycles. The van der Waals surface area contributed by atoms with Crippen LogP contribution in [-0.4, -0.2) is 18.9 Å². The molecule has 3 heteroatoms. The minimum absolute atomic E-state index is 0.196. The molecule has 0 fully saturated rings. The van der Waals surface area contributed by atoms with E-state index in [0.717, 1.165) is 0 Å². The summed E-state index contributed by atoms with van der Waals surface area (Å²) >= 11 is 0. The summed E-state index contributed by atoms with van der Waals surface area (Å²) in [6.07, 6.45) is 0. The second-order valence-electron chi connectivity index (χ2n) is 6.61. The first-order valence-electron chi connectivity index (χ1n) is 5.54. The minimum Gasteiger partial charge on any atom is -0.228 e. The van der Waals surface area contributed by atoms with Gasteiger partial charge in [0.1, 0.15) is 0 Å². The summed E-state index contributed by atoms with van der Waals surface area (Å²) < 4.78 is 24.6. The maximum atomic E-state index is 12.3. The fraction of sp³-hybridized carbons (Fsp3) is 1.00.